The third kappa shape index (κ3) is 2.58. The molecule has 1 aliphatic rings. The Hall–Kier alpha value is -1.55. The molecule has 0 radical (unpaired) electrons. The van der Waals surface area contributed by atoms with Gasteiger partial charge >= 0.3 is 0 Å². The van der Waals surface area contributed by atoms with Gasteiger partial charge in [0.25, 0.3) is 0 Å². The van der Waals surface area contributed by atoms with Crippen LogP contribution < -0.4 is 14.8 Å². The second kappa shape index (κ2) is 4.75. The van der Waals surface area contributed by atoms with E-state index in [9.17, 15) is 4.79 Å². The molecule has 1 aromatic carbocycles. The summed E-state index contributed by atoms with van der Waals surface area (Å²) in [7, 11) is 0. The molecule has 1 N–H and O–H groups in total. The molecule has 0 unspecified atom stereocenters. The molecule has 2 rings (SSSR count). The highest BCUT2D eigenvalue weighted by molar-refractivity contribution is 5.99. The molecule has 0 spiro atoms. The normalized spacial score (nSPS) is 13.2. The summed E-state index contributed by atoms with van der Waals surface area (Å²) in [5.74, 6) is 1.45. The molecule has 17 heavy (non-hydrogen) atoms. The van der Waals surface area contributed by atoms with Crippen LogP contribution in [0.1, 0.15) is 29.8 Å². The second-order valence-electron chi connectivity index (χ2n) is 4.48. The van der Waals surface area contributed by atoms with Crippen LogP contribution in [0.4, 0.5) is 0 Å². The zero-order valence-corrected chi connectivity index (χ0v) is 10.4. The van der Waals surface area contributed by atoms with E-state index in [4.69, 9.17) is 9.47 Å². The number of hydrogen-bond donors (Lipinski definition) is 1. The summed E-state index contributed by atoms with van der Waals surface area (Å²) in [6.07, 6.45) is 0. The van der Waals surface area contributed by atoms with Crippen molar-refractivity contribution < 1.29 is 14.3 Å². The largest absolute Gasteiger partial charge is 0.454 e. The predicted octanol–water partition coefficient (Wildman–Crippen LogP) is 1.90. The molecule has 1 heterocycles. The van der Waals surface area contributed by atoms with Gasteiger partial charge in [-0.3, -0.25) is 4.79 Å². The zero-order valence-electron chi connectivity index (χ0n) is 10.4. The van der Waals surface area contributed by atoms with Gasteiger partial charge in [0.15, 0.2) is 17.3 Å². The van der Waals surface area contributed by atoms with Crippen LogP contribution in [0, 0.1) is 6.92 Å². The van der Waals surface area contributed by atoms with E-state index in [1.807, 2.05) is 26.8 Å². The van der Waals surface area contributed by atoms with E-state index in [-0.39, 0.29) is 12.6 Å². The quantitative estimate of drug-likeness (QED) is 0.810. The Kier molecular flexibility index (Phi) is 3.33. The van der Waals surface area contributed by atoms with E-state index in [1.54, 1.807) is 6.07 Å². The van der Waals surface area contributed by atoms with E-state index in [0.29, 0.717) is 23.9 Å². The lowest BCUT2D eigenvalue weighted by Gasteiger charge is -2.09. The third-order valence-corrected chi connectivity index (χ3v) is 2.69. The molecule has 92 valence electrons. The fraction of sp³-hybridized carbons (Fsp3) is 0.462. The SMILES string of the molecule is Cc1cc2c(cc1C(=O)CNC(C)C)OCO2. The lowest BCUT2D eigenvalue weighted by molar-refractivity contribution is 0.0987. The molecule has 0 amide bonds. The molecule has 0 atom stereocenters. The van der Waals surface area contributed by atoms with E-state index in [0.717, 1.165) is 11.3 Å². The van der Waals surface area contributed by atoms with Gasteiger partial charge in [-0.25, -0.2) is 0 Å². The predicted molar refractivity (Wildman–Crippen MR) is 64.8 cm³/mol. The van der Waals surface area contributed by atoms with Gasteiger partial charge in [-0.15, -0.1) is 0 Å². The number of benzene rings is 1. The van der Waals surface area contributed by atoms with Crippen LogP contribution in [0.15, 0.2) is 12.1 Å². The molecule has 4 heteroatoms. The highest BCUT2D eigenvalue weighted by Crippen LogP contribution is 2.34. The van der Waals surface area contributed by atoms with Gasteiger partial charge < -0.3 is 14.8 Å². The number of Topliss-reactive ketones (excluding diaryl/α,β-unsaturated/α-hetero) is 1. The number of carbonyl (C=O) groups is 1. The maximum Gasteiger partial charge on any atom is 0.231 e. The maximum atomic E-state index is 12.0. The molecule has 0 bridgehead atoms. The Labute approximate surface area is 101 Å². The maximum absolute atomic E-state index is 12.0. The summed E-state index contributed by atoms with van der Waals surface area (Å²) in [6, 6.07) is 3.92. The van der Waals surface area contributed by atoms with Crippen molar-refractivity contribution in [2.45, 2.75) is 26.8 Å². The Bertz CT molecular complexity index is 441. The fourth-order valence-electron chi connectivity index (χ4n) is 1.74. The van der Waals surface area contributed by atoms with Crippen molar-refractivity contribution >= 4 is 5.78 Å². The first-order valence-electron chi connectivity index (χ1n) is 5.74. The number of carbonyl (C=O) groups excluding carboxylic acids is 1. The number of fused-ring (bicyclic) bond motifs is 1. The lowest BCUT2D eigenvalue weighted by Crippen LogP contribution is -2.29. The van der Waals surface area contributed by atoms with Crippen molar-refractivity contribution in [1.82, 2.24) is 5.32 Å². The molecular weight excluding hydrogens is 218 g/mol. The van der Waals surface area contributed by atoms with Gasteiger partial charge in [0.1, 0.15) is 0 Å². The highest BCUT2D eigenvalue weighted by atomic mass is 16.7. The van der Waals surface area contributed by atoms with Gasteiger partial charge in [-0.1, -0.05) is 13.8 Å². The van der Waals surface area contributed by atoms with Gasteiger partial charge in [-0.2, -0.15) is 0 Å². The van der Waals surface area contributed by atoms with Crippen molar-refractivity contribution in [1.29, 1.82) is 0 Å². The second-order valence-corrected chi connectivity index (χ2v) is 4.48. The standard InChI is InChI=1S/C13H17NO3/c1-8(2)14-6-11(15)10-5-13-12(4-9(10)3)16-7-17-13/h4-5,8,14H,6-7H2,1-3H3. The number of ether oxygens (including phenoxy) is 2. The van der Waals surface area contributed by atoms with E-state index < -0.39 is 0 Å². The summed E-state index contributed by atoms with van der Waals surface area (Å²) in [6.45, 7) is 6.51. The minimum atomic E-state index is 0.0782. The average molecular weight is 235 g/mol. The van der Waals surface area contributed by atoms with Crippen molar-refractivity contribution in [2.24, 2.45) is 0 Å². The summed E-state index contributed by atoms with van der Waals surface area (Å²) < 4.78 is 10.5. The monoisotopic (exact) mass is 235 g/mol. The van der Waals surface area contributed by atoms with Crippen molar-refractivity contribution in [3.63, 3.8) is 0 Å². The van der Waals surface area contributed by atoms with Crippen LogP contribution in [0.3, 0.4) is 0 Å². The van der Waals surface area contributed by atoms with Crippen molar-refractivity contribution in [2.75, 3.05) is 13.3 Å². The van der Waals surface area contributed by atoms with Crippen LogP contribution in [-0.4, -0.2) is 25.2 Å². The average Bonchev–Trinajstić information content (AvgIpc) is 2.71. The van der Waals surface area contributed by atoms with E-state index in [2.05, 4.69) is 5.32 Å². The first kappa shape index (κ1) is 11.9. The number of ketones is 1. The summed E-state index contributed by atoms with van der Waals surface area (Å²) in [4.78, 5) is 12.0. The number of aryl methyl sites for hydroxylation is 1. The fourth-order valence-corrected chi connectivity index (χ4v) is 1.74. The first-order valence-corrected chi connectivity index (χ1v) is 5.74. The first-order chi connectivity index (χ1) is 8.08. The van der Waals surface area contributed by atoms with Gasteiger partial charge in [-0.05, 0) is 24.6 Å². The smallest absolute Gasteiger partial charge is 0.231 e. The van der Waals surface area contributed by atoms with Crippen molar-refractivity contribution in [3.8, 4) is 11.5 Å². The molecule has 1 aliphatic heterocycles. The topological polar surface area (TPSA) is 47.6 Å². The number of rotatable bonds is 4. The minimum absolute atomic E-state index is 0.0782. The van der Waals surface area contributed by atoms with Crippen LogP contribution in [-0.2, 0) is 0 Å². The molecule has 1 aromatic rings. The molecule has 0 aliphatic carbocycles. The molecule has 0 aromatic heterocycles. The van der Waals surface area contributed by atoms with E-state index in [1.165, 1.54) is 0 Å². The third-order valence-electron chi connectivity index (χ3n) is 2.69. The Morgan fingerprint density at radius 2 is 2.00 bits per heavy atom. The van der Waals surface area contributed by atoms with Gasteiger partial charge in [0.2, 0.25) is 6.79 Å². The molecule has 4 nitrogen and oxygen atoms in total. The van der Waals surface area contributed by atoms with Gasteiger partial charge in [0, 0.05) is 11.6 Å². The minimum Gasteiger partial charge on any atom is -0.454 e. The molecule has 0 saturated heterocycles. The van der Waals surface area contributed by atoms with Crippen LogP contribution in [0.2, 0.25) is 0 Å². The Balaban J connectivity index is 2.18. The van der Waals surface area contributed by atoms with E-state index >= 15 is 0 Å². The van der Waals surface area contributed by atoms with Crippen LogP contribution in [0.25, 0.3) is 0 Å². The summed E-state index contributed by atoms with van der Waals surface area (Å²) in [5.41, 5.74) is 1.62. The Morgan fingerprint density at radius 3 is 2.65 bits per heavy atom. The molecule has 0 saturated carbocycles. The number of hydrogen-bond acceptors (Lipinski definition) is 4. The summed E-state index contributed by atoms with van der Waals surface area (Å²) >= 11 is 0. The molecule has 0 fully saturated rings. The Morgan fingerprint density at radius 1 is 1.35 bits per heavy atom. The van der Waals surface area contributed by atoms with Crippen LogP contribution in [0.5, 0.6) is 11.5 Å². The summed E-state index contributed by atoms with van der Waals surface area (Å²) in [5, 5.41) is 3.12. The lowest BCUT2D eigenvalue weighted by atomic mass is 10.0. The zero-order chi connectivity index (χ0) is 12.4. The van der Waals surface area contributed by atoms with Crippen molar-refractivity contribution in [3.05, 3.63) is 23.3 Å². The van der Waals surface area contributed by atoms with Crippen LogP contribution >= 0.6 is 0 Å². The van der Waals surface area contributed by atoms with Gasteiger partial charge in [0.05, 0.1) is 6.54 Å². The number of nitrogens with one attached hydrogen (secondary N) is 1. The molecular formula is C13H17NO3. The highest BCUT2D eigenvalue weighted by Gasteiger charge is 2.18.